The minimum atomic E-state index is -0.185. The molecule has 0 radical (unpaired) electrons. The molecule has 0 aliphatic rings. The van der Waals surface area contributed by atoms with Gasteiger partial charge in [0, 0.05) is 29.3 Å². The lowest BCUT2D eigenvalue weighted by atomic mass is 10.2. The Kier molecular flexibility index (Phi) is 7.27. The molecule has 170 valence electrons. The normalized spacial score (nSPS) is 11.2. The van der Waals surface area contributed by atoms with Crippen molar-refractivity contribution < 1.29 is 9.53 Å². The van der Waals surface area contributed by atoms with E-state index in [1.54, 1.807) is 12.3 Å². The van der Waals surface area contributed by atoms with Gasteiger partial charge in [-0.05, 0) is 67.2 Å². The van der Waals surface area contributed by atoms with Gasteiger partial charge in [0.15, 0.2) is 0 Å². The molecule has 0 atom stereocenters. The van der Waals surface area contributed by atoms with Crippen LogP contribution in [0.1, 0.15) is 35.6 Å². The molecule has 2 aromatic carbocycles. The average molecular weight is 463 g/mol. The second kappa shape index (κ2) is 10.5. The van der Waals surface area contributed by atoms with Crippen molar-refractivity contribution in [3.05, 3.63) is 88.8 Å². The van der Waals surface area contributed by atoms with Gasteiger partial charge in [-0.25, -0.2) is 0 Å². The lowest BCUT2D eigenvalue weighted by Gasteiger charge is -2.18. The highest BCUT2D eigenvalue weighted by Gasteiger charge is 2.11. The number of fused-ring (bicyclic) bond motifs is 1. The van der Waals surface area contributed by atoms with Crippen molar-refractivity contribution >= 4 is 34.1 Å². The highest BCUT2D eigenvalue weighted by Crippen LogP contribution is 2.23. The molecule has 2 aromatic heterocycles. The zero-order chi connectivity index (χ0) is 23.2. The first-order chi connectivity index (χ1) is 16.0. The van der Waals surface area contributed by atoms with Crippen molar-refractivity contribution in [1.82, 2.24) is 14.9 Å². The Morgan fingerprint density at radius 1 is 1.06 bits per heavy atom. The first-order valence-electron chi connectivity index (χ1n) is 11.0. The number of pyridine rings is 1. The number of hydrogen-bond acceptors (Lipinski definition) is 4. The van der Waals surface area contributed by atoms with Crippen molar-refractivity contribution in [2.45, 2.75) is 27.0 Å². The van der Waals surface area contributed by atoms with Crippen molar-refractivity contribution in [3.8, 4) is 5.75 Å². The summed E-state index contributed by atoms with van der Waals surface area (Å²) < 4.78 is 5.84. The van der Waals surface area contributed by atoms with E-state index in [1.807, 2.05) is 42.5 Å². The molecular weight excluding hydrogens is 436 g/mol. The Bertz CT molecular complexity index is 1220. The van der Waals surface area contributed by atoms with Crippen LogP contribution in [0.3, 0.4) is 0 Å². The number of amides is 1. The average Bonchev–Trinajstić information content (AvgIpc) is 3.27. The van der Waals surface area contributed by atoms with Crippen LogP contribution in [0, 0.1) is 0 Å². The van der Waals surface area contributed by atoms with Crippen molar-refractivity contribution in [2.24, 2.45) is 0 Å². The van der Waals surface area contributed by atoms with Crippen LogP contribution in [0.5, 0.6) is 5.75 Å². The number of hydrogen-bond donors (Lipinski definition) is 2. The van der Waals surface area contributed by atoms with Crippen molar-refractivity contribution in [1.29, 1.82) is 0 Å². The fourth-order valence-corrected chi connectivity index (χ4v) is 3.68. The topological polar surface area (TPSA) is 70.2 Å². The lowest BCUT2D eigenvalue weighted by Crippen LogP contribution is -2.22. The predicted molar refractivity (Wildman–Crippen MR) is 133 cm³/mol. The molecule has 6 nitrogen and oxygen atoms in total. The van der Waals surface area contributed by atoms with Crippen LogP contribution >= 0.6 is 11.6 Å². The molecule has 0 saturated carbocycles. The zero-order valence-corrected chi connectivity index (χ0v) is 19.5. The minimum Gasteiger partial charge on any atom is -0.487 e. The van der Waals surface area contributed by atoms with Crippen LogP contribution in [0.25, 0.3) is 10.9 Å². The number of benzene rings is 2. The Morgan fingerprint density at radius 2 is 1.85 bits per heavy atom. The molecule has 0 aliphatic carbocycles. The van der Waals surface area contributed by atoms with Crippen LogP contribution in [-0.2, 0) is 13.2 Å². The maximum Gasteiger partial charge on any atom is 0.272 e. The van der Waals surface area contributed by atoms with E-state index in [0.717, 1.165) is 41.9 Å². The maximum atomic E-state index is 12.8. The highest BCUT2D eigenvalue weighted by atomic mass is 35.5. The summed E-state index contributed by atoms with van der Waals surface area (Å²) in [6, 6.07) is 19.1. The van der Waals surface area contributed by atoms with E-state index in [0.29, 0.717) is 23.1 Å². The number of rotatable bonds is 9. The quantitative estimate of drug-likeness (QED) is 0.325. The summed E-state index contributed by atoms with van der Waals surface area (Å²) in [5, 5.41) is 4.45. The monoisotopic (exact) mass is 462 g/mol. The Balaban J connectivity index is 1.39. The van der Waals surface area contributed by atoms with E-state index in [-0.39, 0.29) is 5.91 Å². The van der Waals surface area contributed by atoms with E-state index in [1.165, 1.54) is 5.56 Å². The second-order valence-electron chi connectivity index (χ2n) is 7.80. The van der Waals surface area contributed by atoms with Crippen molar-refractivity contribution in [2.75, 3.05) is 18.4 Å². The molecule has 7 heteroatoms. The second-order valence-corrected chi connectivity index (χ2v) is 8.24. The number of nitrogens with one attached hydrogen (secondary N) is 2. The fraction of sp³-hybridized carbons (Fsp3) is 0.231. The molecule has 1 amide bonds. The number of ether oxygens (including phenoxy) is 1. The molecule has 0 spiro atoms. The smallest absolute Gasteiger partial charge is 0.272 e. The van der Waals surface area contributed by atoms with Gasteiger partial charge in [-0.2, -0.15) is 0 Å². The summed E-state index contributed by atoms with van der Waals surface area (Å²) in [5.41, 5.74) is 4.14. The summed E-state index contributed by atoms with van der Waals surface area (Å²) in [7, 11) is 0. The summed E-state index contributed by atoms with van der Waals surface area (Å²) >= 11 is 5.87. The first-order valence-corrected chi connectivity index (χ1v) is 11.4. The number of nitrogens with zero attached hydrogens (tertiary/aromatic N) is 2. The van der Waals surface area contributed by atoms with E-state index < -0.39 is 0 Å². The van der Waals surface area contributed by atoms with Crippen LogP contribution < -0.4 is 10.1 Å². The summed E-state index contributed by atoms with van der Waals surface area (Å²) in [6.07, 6.45) is 1.60. The number of carbonyl (C=O) groups is 1. The highest BCUT2D eigenvalue weighted by molar-refractivity contribution is 6.30. The summed E-state index contributed by atoms with van der Waals surface area (Å²) in [4.78, 5) is 22.5. The third-order valence-corrected chi connectivity index (χ3v) is 5.75. The van der Waals surface area contributed by atoms with Gasteiger partial charge in [0.05, 0.1) is 10.7 Å². The van der Waals surface area contributed by atoms with Gasteiger partial charge in [0.2, 0.25) is 0 Å². The number of anilines is 1. The standard InChI is InChI=1S/C26H27ClN4O2/c1-3-31(4-2)16-18-5-8-21(9-6-18)29-26(32)25-14-19-13-23(11-12-24(19)30-25)33-17-22-10-7-20(27)15-28-22/h5-15,30H,3-4,16-17H2,1-2H3,(H,29,32). The van der Waals surface area contributed by atoms with E-state index in [9.17, 15) is 4.79 Å². The zero-order valence-electron chi connectivity index (χ0n) is 18.8. The third kappa shape index (κ3) is 5.92. The SMILES string of the molecule is CCN(CC)Cc1ccc(NC(=O)c2cc3cc(OCc4ccc(Cl)cn4)ccc3[nH]2)cc1. The predicted octanol–water partition coefficient (Wildman–Crippen LogP) is 5.89. The summed E-state index contributed by atoms with van der Waals surface area (Å²) in [5.74, 6) is 0.518. The molecular formula is C26H27ClN4O2. The molecule has 2 N–H and O–H groups in total. The van der Waals surface area contributed by atoms with Gasteiger partial charge in [0.25, 0.3) is 5.91 Å². The molecule has 0 unspecified atom stereocenters. The van der Waals surface area contributed by atoms with Gasteiger partial charge in [-0.15, -0.1) is 0 Å². The van der Waals surface area contributed by atoms with Crippen molar-refractivity contribution in [3.63, 3.8) is 0 Å². The molecule has 2 heterocycles. The van der Waals surface area contributed by atoms with Gasteiger partial charge >= 0.3 is 0 Å². The Labute approximate surface area is 198 Å². The lowest BCUT2D eigenvalue weighted by molar-refractivity contribution is 0.102. The van der Waals surface area contributed by atoms with Crippen LogP contribution in [0.2, 0.25) is 5.02 Å². The molecule has 0 fully saturated rings. The van der Waals surface area contributed by atoms with Gasteiger partial charge in [0.1, 0.15) is 18.1 Å². The third-order valence-electron chi connectivity index (χ3n) is 5.52. The largest absolute Gasteiger partial charge is 0.487 e. The van der Waals surface area contributed by atoms with Gasteiger partial charge in [-0.1, -0.05) is 37.6 Å². The maximum absolute atomic E-state index is 12.8. The first kappa shape index (κ1) is 22.8. The molecule has 4 rings (SSSR count). The van der Waals surface area contributed by atoms with E-state index >= 15 is 0 Å². The van der Waals surface area contributed by atoms with Crippen LogP contribution in [0.4, 0.5) is 5.69 Å². The van der Waals surface area contributed by atoms with Gasteiger partial charge in [-0.3, -0.25) is 14.7 Å². The van der Waals surface area contributed by atoms with Crippen LogP contribution in [-0.4, -0.2) is 33.9 Å². The molecule has 0 bridgehead atoms. The van der Waals surface area contributed by atoms with Crippen LogP contribution in [0.15, 0.2) is 66.9 Å². The number of halogens is 1. The van der Waals surface area contributed by atoms with E-state index in [4.69, 9.17) is 16.3 Å². The number of aromatic amines is 1. The Morgan fingerprint density at radius 3 is 2.55 bits per heavy atom. The molecule has 4 aromatic rings. The molecule has 33 heavy (non-hydrogen) atoms. The van der Waals surface area contributed by atoms with E-state index in [2.05, 4.69) is 46.2 Å². The molecule has 0 saturated heterocycles. The molecule has 0 aliphatic heterocycles. The Hall–Kier alpha value is -3.35. The number of carbonyl (C=O) groups excluding carboxylic acids is 1. The number of aromatic nitrogens is 2. The minimum absolute atomic E-state index is 0.185. The fourth-order valence-electron chi connectivity index (χ4n) is 3.57. The number of H-pyrrole nitrogens is 1. The van der Waals surface area contributed by atoms with Gasteiger partial charge < -0.3 is 15.0 Å². The summed E-state index contributed by atoms with van der Waals surface area (Å²) in [6.45, 7) is 7.58.